The SMILES string of the molecule is COCCCNC(=O)CN1CCN(C(=O)CCc2nc(-c3ccsc3)no2)CC1. The van der Waals surface area contributed by atoms with Crippen LogP contribution in [0.2, 0.25) is 0 Å². The van der Waals surface area contributed by atoms with Crippen LogP contribution >= 0.6 is 11.3 Å². The van der Waals surface area contributed by atoms with Gasteiger partial charge in [-0.25, -0.2) is 0 Å². The largest absolute Gasteiger partial charge is 0.385 e. The van der Waals surface area contributed by atoms with Crippen LogP contribution in [-0.4, -0.2) is 84.7 Å². The molecule has 3 heterocycles. The molecule has 0 saturated carbocycles. The molecule has 0 aromatic carbocycles. The summed E-state index contributed by atoms with van der Waals surface area (Å²) in [5, 5.41) is 10.8. The van der Waals surface area contributed by atoms with Crippen molar-refractivity contribution in [2.24, 2.45) is 0 Å². The maximum Gasteiger partial charge on any atom is 0.234 e. The van der Waals surface area contributed by atoms with E-state index in [0.29, 0.717) is 70.4 Å². The number of carbonyl (C=O) groups excluding carboxylic acids is 2. The zero-order valence-corrected chi connectivity index (χ0v) is 17.4. The predicted octanol–water partition coefficient (Wildman–Crippen LogP) is 1.03. The molecule has 2 amide bonds. The molecule has 2 aromatic heterocycles. The van der Waals surface area contributed by atoms with E-state index in [2.05, 4.69) is 20.4 Å². The minimum atomic E-state index is 0.0127. The average molecular weight is 422 g/mol. The van der Waals surface area contributed by atoms with Gasteiger partial charge in [0, 0.05) is 70.2 Å². The smallest absolute Gasteiger partial charge is 0.234 e. The highest BCUT2D eigenvalue weighted by Gasteiger charge is 2.22. The Morgan fingerprint density at radius 2 is 2.14 bits per heavy atom. The van der Waals surface area contributed by atoms with Gasteiger partial charge in [0.1, 0.15) is 0 Å². The third-order valence-corrected chi connectivity index (χ3v) is 5.42. The molecule has 10 heteroatoms. The summed E-state index contributed by atoms with van der Waals surface area (Å²) in [6.07, 6.45) is 1.57. The van der Waals surface area contributed by atoms with Crippen LogP contribution in [0, 0.1) is 0 Å². The number of amides is 2. The minimum Gasteiger partial charge on any atom is -0.385 e. The van der Waals surface area contributed by atoms with Crippen LogP contribution in [0.1, 0.15) is 18.7 Å². The van der Waals surface area contributed by atoms with E-state index in [-0.39, 0.29) is 11.8 Å². The van der Waals surface area contributed by atoms with Crippen molar-refractivity contribution in [1.29, 1.82) is 0 Å². The van der Waals surface area contributed by atoms with E-state index in [0.717, 1.165) is 12.0 Å². The maximum absolute atomic E-state index is 12.5. The number of thiophene rings is 1. The Labute approximate surface area is 174 Å². The summed E-state index contributed by atoms with van der Waals surface area (Å²) in [6.45, 7) is 4.26. The van der Waals surface area contributed by atoms with Crippen LogP contribution in [0.3, 0.4) is 0 Å². The fourth-order valence-corrected chi connectivity index (χ4v) is 3.73. The van der Waals surface area contributed by atoms with Crippen LogP contribution in [0.15, 0.2) is 21.3 Å². The van der Waals surface area contributed by atoms with Crippen molar-refractivity contribution >= 4 is 23.2 Å². The van der Waals surface area contributed by atoms with Gasteiger partial charge in [-0.1, -0.05) is 5.16 Å². The fourth-order valence-electron chi connectivity index (χ4n) is 3.10. The van der Waals surface area contributed by atoms with Gasteiger partial charge in [0.2, 0.25) is 23.5 Å². The Kier molecular flexibility index (Phi) is 8.14. The molecule has 0 atom stereocenters. The molecule has 0 radical (unpaired) electrons. The molecule has 9 nitrogen and oxygen atoms in total. The number of nitrogens with zero attached hydrogens (tertiary/aromatic N) is 4. The van der Waals surface area contributed by atoms with Gasteiger partial charge in [0.05, 0.1) is 6.54 Å². The first-order chi connectivity index (χ1) is 14.2. The van der Waals surface area contributed by atoms with E-state index in [1.54, 1.807) is 18.4 Å². The van der Waals surface area contributed by atoms with Crippen molar-refractivity contribution in [2.75, 3.05) is 53.0 Å². The van der Waals surface area contributed by atoms with Crippen molar-refractivity contribution in [3.63, 3.8) is 0 Å². The highest BCUT2D eigenvalue weighted by atomic mass is 32.1. The van der Waals surface area contributed by atoms with Crippen LogP contribution in [0.25, 0.3) is 11.4 Å². The summed E-state index contributed by atoms with van der Waals surface area (Å²) in [4.78, 5) is 32.7. The van der Waals surface area contributed by atoms with E-state index < -0.39 is 0 Å². The molecule has 1 aliphatic rings. The summed E-state index contributed by atoms with van der Waals surface area (Å²) in [5.74, 6) is 1.12. The Hall–Kier alpha value is -2.30. The van der Waals surface area contributed by atoms with Crippen LogP contribution in [-0.2, 0) is 20.7 Å². The van der Waals surface area contributed by atoms with Crippen LogP contribution < -0.4 is 5.32 Å². The van der Waals surface area contributed by atoms with Crippen molar-refractivity contribution in [3.05, 3.63) is 22.7 Å². The molecule has 0 unspecified atom stereocenters. The third-order valence-electron chi connectivity index (χ3n) is 4.74. The van der Waals surface area contributed by atoms with E-state index in [9.17, 15) is 9.59 Å². The number of rotatable bonds is 10. The van der Waals surface area contributed by atoms with Crippen molar-refractivity contribution in [2.45, 2.75) is 19.3 Å². The Morgan fingerprint density at radius 1 is 1.31 bits per heavy atom. The number of aromatic nitrogens is 2. The quantitative estimate of drug-likeness (QED) is 0.572. The lowest BCUT2D eigenvalue weighted by atomic mass is 10.2. The van der Waals surface area contributed by atoms with Gasteiger partial charge in [-0.05, 0) is 17.9 Å². The van der Waals surface area contributed by atoms with Gasteiger partial charge in [-0.15, -0.1) is 0 Å². The minimum absolute atomic E-state index is 0.0127. The normalized spacial score (nSPS) is 14.9. The van der Waals surface area contributed by atoms with Gasteiger partial charge >= 0.3 is 0 Å². The van der Waals surface area contributed by atoms with Crippen molar-refractivity contribution in [1.82, 2.24) is 25.3 Å². The van der Waals surface area contributed by atoms with E-state index in [4.69, 9.17) is 9.26 Å². The van der Waals surface area contributed by atoms with Gasteiger partial charge in [-0.3, -0.25) is 14.5 Å². The summed E-state index contributed by atoms with van der Waals surface area (Å²) in [5.41, 5.74) is 0.926. The zero-order valence-electron chi connectivity index (χ0n) is 16.6. The standard InChI is InChI=1S/C19H27N5O4S/c1-27-11-2-6-20-16(25)13-23-7-9-24(10-8-23)18(26)4-3-17-21-19(22-28-17)15-5-12-29-14-15/h5,12,14H,2-4,6-11,13H2,1H3,(H,20,25). The number of nitrogens with one attached hydrogen (secondary N) is 1. The van der Waals surface area contributed by atoms with Crippen LogP contribution in [0.4, 0.5) is 0 Å². The van der Waals surface area contributed by atoms with E-state index >= 15 is 0 Å². The molecular formula is C19H27N5O4S. The van der Waals surface area contributed by atoms with Gasteiger partial charge in [-0.2, -0.15) is 16.3 Å². The highest BCUT2D eigenvalue weighted by molar-refractivity contribution is 7.08. The molecular weight excluding hydrogens is 394 g/mol. The molecule has 0 bridgehead atoms. The number of aryl methyl sites for hydroxylation is 1. The molecule has 1 N–H and O–H groups in total. The lowest BCUT2D eigenvalue weighted by molar-refractivity contribution is -0.133. The number of methoxy groups -OCH3 is 1. The third kappa shape index (κ3) is 6.62. The summed E-state index contributed by atoms with van der Waals surface area (Å²) in [6, 6.07) is 1.93. The second kappa shape index (κ2) is 11.0. The molecule has 1 aliphatic heterocycles. The molecule has 1 saturated heterocycles. The van der Waals surface area contributed by atoms with Gasteiger partial charge < -0.3 is 19.5 Å². The molecule has 0 spiro atoms. The Bertz CT molecular complexity index is 771. The van der Waals surface area contributed by atoms with E-state index in [1.807, 2.05) is 21.7 Å². The van der Waals surface area contributed by atoms with E-state index in [1.165, 1.54) is 0 Å². The summed E-state index contributed by atoms with van der Waals surface area (Å²) in [7, 11) is 1.65. The monoisotopic (exact) mass is 421 g/mol. The zero-order chi connectivity index (χ0) is 20.5. The number of piperazine rings is 1. The van der Waals surface area contributed by atoms with Gasteiger partial charge in [0.15, 0.2) is 0 Å². The average Bonchev–Trinajstić information content (AvgIpc) is 3.41. The molecule has 1 fully saturated rings. The first-order valence-electron chi connectivity index (χ1n) is 9.76. The first kappa shape index (κ1) is 21.4. The Morgan fingerprint density at radius 3 is 2.86 bits per heavy atom. The molecule has 3 rings (SSSR count). The number of ether oxygens (including phenoxy) is 1. The highest BCUT2D eigenvalue weighted by Crippen LogP contribution is 2.19. The second-order valence-corrected chi connectivity index (χ2v) is 7.66. The Balaban J connectivity index is 1.34. The van der Waals surface area contributed by atoms with Crippen molar-refractivity contribution in [3.8, 4) is 11.4 Å². The molecule has 2 aromatic rings. The summed E-state index contributed by atoms with van der Waals surface area (Å²) < 4.78 is 10.2. The number of hydrogen-bond acceptors (Lipinski definition) is 8. The predicted molar refractivity (Wildman–Crippen MR) is 108 cm³/mol. The fraction of sp³-hybridized carbons (Fsp3) is 0.579. The number of hydrogen-bond donors (Lipinski definition) is 1. The molecule has 158 valence electrons. The second-order valence-electron chi connectivity index (χ2n) is 6.88. The van der Waals surface area contributed by atoms with Crippen LogP contribution in [0.5, 0.6) is 0 Å². The first-order valence-corrected chi connectivity index (χ1v) is 10.7. The molecule has 29 heavy (non-hydrogen) atoms. The summed E-state index contributed by atoms with van der Waals surface area (Å²) >= 11 is 1.57. The lowest BCUT2D eigenvalue weighted by Gasteiger charge is -2.34. The number of carbonyl (C=O) groups is 2. The lowest BCUT2D eigenvalue weighted by Crippen LogP contribution is -2.51. The van der Waals surface area contributed by atoms with Gasteiger partial charge in [0.25, 0.3) is 0 Å². The topological polar surface area (TPSA) is 101 Å². The van der Waals surface area contributed by atoms with Crippen molar-refractivity contribution < 1.29 is 18.8 Å². The molecule has 0 aliphatic carbocycles. The maximum atomic E-state index is 12.5.